The highest BCUT2D eigenvalue weighted by atomic mass is 35.5. The van der Waals surface area contributed by atoms with Gasteiger partial charge in [0, 0.05) is 24.1 Å². The predicted molar refractivity (Wildman–Crippen MR) is 88.8 cm³/mol. The summed E-state index contributed by atoms with van der Waals surface area (Å²) in [6.07, 6.45) is 4.17. The van der Waals surface area contributed by atoms with Crippen LogP contribution in [0.1, 0.15) is 31.2 Å². The zero-order valence-electron chi connectivity index (χ0n) is 13.0. The predicted octanol–water partition coefficient (Wildman–Crippen LogP) is 2.39. The standard InChI is InChI=1S/C17H21FN2O2.ClH/c18-12-4-3-5-14-15(12)17(6-1-2-7-17)11-20(14)16(21)13-10-22-9-8-19-13;/h3-5,13,19H,1-2,6-11H2;1H. The summed E-state index contributed by atoms with van der Waals surface area (Å²) in [4.78, 5) is 14.7. The van der Waals surface area contributed by atoms with Crippen LogP contribution in [-0.4, -0.2) is 38.3 Å². The van der Waals surface area contributed by atoms with Gasteiger partial charge in [-0.2, -0.15) is 0 Å². The Balaban J connectivity index is 0.00000156. The number of benzene rings is 1. The quantitative estimate of drug-likeness (QED) is 0.853. The summed E-state index contributed by atoms with van der Waals surface area (Å²) < 4.78 is 19.9. The highest BCUT2D eigenvalue weighted by Gasteiger charge is 2.48. The smallest absolute Gasteiger partial charge is 0.246 e. The number of halogens is 2. The molecule has 1 aliphatic carbocycles. The molecule has 2 aliphatic heterocycles. The normalized spacial score (nSPS) is 25.3. The number of nitrogens with zero attached hydrogens (tertiary/aromatic N) is 1. The van der Waals surface area contributed by atoms with E-state index >= 15 is 0 Å². The Hall–Kier alpha value is -1.17. The number of nitrogens with one attached hydrogen (secondary N) is 1. The topological polar surface area (TPSA) is 41.6 Å². The van der Waals surface area contributed by atoms with Crippen molar-refractivity contribution >= 4 is 24.0 Å². The number of rotatable bonds is 1. The average molecular weight is 341 g/mol. The molecular weight excluding hydrogens is 319 g/mol. The van der Waals surface area contributed by atoms with Gasteiger partial charge in [-0.15, -0.1) is 12.4 Å². The van der Waals surface area contributed by atoms with Gasteiger partial charge >= 0.3 is 0 Å². The molecule has 2 fully saturated rings. The molecule has 1 aromatic carbocycles. The highest BCUT2D eigenvalue weighted by Crippen LogP contribution is 2.51. The molecular formula is C17H22ClFN2O2. The number of hydrogen-bond donors (Lipinski definition) is 1. The monoisotopic (exact) mass is 340 g/mol. The molecule has 1 amide bonds. The lowest BCUT2D eigenvalue weighted by Gasteiger charge is -2.29. The summed E-state index contributed by atoms with van der Waals surface area (Å²) in [6.45, 7) is 2.33. The van der Waals surface area contributed by atoms with Crippen molar-refractivity contribution in [2.45, 2.75) is 37.1 Å². The van der Waals surface area contributed by atoms with Gasteiger partial charge in [-0.25, -0.2) is 4.39 Å². The summed E-state index contributed by atoms with van der Waals surface area (Å²) in [7, 11) is 0. The summed E-state index contributed by atoms with van der Waals surface area (Å²) >= 11 is 0. The SMILES string of the molecule is Cl.O=C(C1COCCN1)N1CC2(CCCC2)c2c(F)cccc21. The van der Waals surface area contributed by atoms with Crippen molar-refractivity contribution < 1.29 is 13.9 Å². The van der Waals surface area contributed by atoms with E-state index in [1.54, 1.807) is 11.0 Å². The molecule has 0 bridgehead atoms. The van der Waals surface area contributed by atoms with Crippen molar-refractivity contribution in [2.24, 2.45) is 0 Å². The van der Waals surface area contributed by atoms with Crippen LogP contribution >= 0.6 is 12.4 Å². The van der Waals surface area contributed by atoms with Gasteiger partial charge in [0.25, 0.3) is 0 Å². The second kappa shape index (κ2) is 6.38. The minimum Gasteiger partial charge on any atom is -0.378 e. The van der Waals surface area contributed by atoms with Crippen molar-refractivity contribution in [2.75, 3.05) is 31.2 Å². The fourth-order valence-electron chi connectivity index (χ4n) is 4.30. The van der Waals surface area contributed by atoms with E-state index in [4.69, 9.17) is 4.74 Å². The minimum atomic E-state index is -0.318. The first kappa shape index (κ1) is 16.7. The number of carbonyl (C=O) groups is 1. The Kier molecular flexibility index (Phi) is 4.63. The molecule has 0 radical (unpaired) electrons. The van der Waals surface area contributed by atoms with Crippen LogP contribution in [0.4, 0.5) is 10.1 Å². The van der Waals surface area contributed by atoms with Gasteiger partial charge in [-0.3, -0.25) is 4.79 Å². The number of fused-ring (bicyclic) bond motifs is 2. The zero-order valence-corrected chi connectivity index (χ0v) is 13.8. The van der Waals surface area contributed by atoms with Crippen molar-refractivity contribution in [1.82, 2.24) is 5.32 Å². The lowest BCUT2D eigenvalue weighted by atomic mass is 9.80. The minimum absolute atomic E-state index is 0. The third kappa shape index (κ3) is 2.65. The van der Waals surface area contributed by atoms with Crippen LogP contribution in [0.3, 0.4) is 0 Å². The van der Waals surface area contributed by atoms with E-state index in [0.717, 1.165) is 36.9 Å². The van der Waals surface area contributed by atoms with Crippen molar-refractivity contribution in [3.8, 4) is 0 Å². The summed E-state index contributed by atoms with van der Waals surface area (Å²) in [6, 6.07) is 4.79. The third-order valence-corrected chi connectivity index (χ3v) is 5.32. The van der Waals surface area contributed by atoms with E-state index in [9.17, 15) is 9.18 Å². The summed E-state index contributed by atoms with van der Waals surface area (Å²) in [5.74, 6) is -0.155. The molecule has 1 saturated carbocycles. The van der Waals surface area contributed by atoms with Crippen LogP contribution in [0, 0.1) is 5.82 Å². The number of anilines is 1. The summed E-state index contributed by atoms with van der Waals surface area (Å²) in [5.41, 5.74) is 1.35. The molecule has 126 valence electrons. The maximum absolute atomic E-state index is 14.5. The number of ether oxygens (including phenoxy) is 1. The van der Waals surface area contributed by atoms with Crippen LogP contribution in [0.2, 0.25) is 0 Å². The van der Waals surface area contributed by atoms with Gasteiger partial charge in [-0.05, 0) is 25.0 Å². The van der Waals surface area contributed by atoms with Gasteiger partial charge in [0.05, 0.1) is 18.9 Å². The lowest BCUT2D eigenvalue weighted by Crippen LogP contribution is -2.53. The lowest BCUT2D eigenvalue weighted by molar-refractivity contribution is -0.123. The Labute approximate surface area is 141 Å². The Morgan fingerprint density at radius 3 is 2.83 bits per heavy atom. The van der Waals surface area contributed by atoms with E-state index in [2.05, 4.69) is 5.32 Å². The molecule has 1 aromatic rings. The van der Waals surface area contributed by atoms with Gasteiger partial charge in [-0.1, -0.05) is 18.9 Å². The molecule has 4 nitrogen and oxygen atoms in total. The number of carbonyl (C=O) groups excluding carboxylic acids is 1. The molecule has 23 heavy (non-hydrogen) atoms. The Morgan fingerprint density at radius 2 is 2.13 bits per heavy atom. The number of hydrogen-bond acceptors (Lipinski definition) is 3. The molecule has 1 saturated heterocycles. The second-order valence-corrected chi connectivity index (χ2v) is 6.63. The molecule has 1 N–H and O–H groups in total. The number of morpholine rings is 1. The van der Waals surface area contributed by atoms with Crippen LogP contribution in [-0.2, 0) is 14.9 Å². The molecule has 2 heterocycles. The fourth-order valence-corrected chi connectivity index (χ4v) is 4.30. The van der Waals surface area contributed by atoms with Crippen LogP contribution in [0.25, 0.3) is 0 Å². The van der Waals surface area contributed by atoms with Crippen LogP contribution < -0.4 is 10.2 Å². The summed E-state index contributed by atoms with van der Waals surface area (Å²) in [5, 5.41) is 3.21. The van der Waals surface area contributed by atoms with Gasteiger partial charge in [0.2, 0.25) is 5.91 Å². The Bertz CT molecular complexity index is 598. The first-order chi connectivity index (χ1) is 10.7. The molecule has 1 atom stereocenters. The van der Waals surface area contributed by atoms with E-state index in [1.165, 1.54) is 6.07 Å². The van der Waals surface area contributed by atoms with Gasteiger partial charge < -0.3 is 15.0 Å². The molecule has 6 heteroatoms. The average Bonchev–Trinajstić information content (AvgIpc) is 3.15. The maximum atomic E-state index is 14.5. The largest absolute Gasteiger partial charge is 0.378 e. The van der Waals surface area contributed by atoms with E-state index in [-0.39, 0.29) is 35.6 Å². The molecule has 0 aromatic heterocycles. The first-order valence-electron chi connectivity index (χ1n) is 8.13. The highest BCUT2D eigenvalue weighted by molar-refractivity contribution is 6.00. The zero-order chi connectivity index (χ0) is 15.2. The second-order valence-electron chi connectivity index (χ2n) is 6.63. The van der Waals surface area contributed by atoms with Crippen molar-refractivity contribution in [1.29, 1.82) is 0 Å². The van der Waals surface area contributed by atoms with Gasteiger partial charge in [0.1, 0.15) is 11.9 Å². The number of amides is 1. The maximum Gasteiger partial charge on any atom is 0.246 e. The van der Waals surface area contributed by atoms with E-state index < -0.39 is 0 Å². The molecule has 1 spiro atoms. The Morgan fingerprint density at radius 1 is 1.35 bits per heavy atom. The van der Waals surface area contributed by atoms with Crippen molar-refractivity contribution in [3.05, 3.63) is 29.6 Å². The van der Waals surface area contributed by atoms with Gasteiger partial charge in [0.15, 0.2) is 0 Å². The van der Waals surface area contributed by atoms with Crippen LogP contribution in [0.5, 0.6) is 0 Å². The molecule has 3 aliphatic rings. The van der Waals surface area contributed by atoms with E-state index in [1.807, 2.05) is 6.07 Å². The van der Waals surface area contributed by atoms with E-state index in [0.29, 0.717) is 26.3 Å². The van der Waals surface area contributed by atoms with Crippen LogP contribution in [0.15, 0.2) is 18.2 Å². The molecule has 1 unspecified atom stereocenters. The molecule has 4 rings (SSSR count). The fraction of sp³-hybridized carbons (Fsp3) is 0.588. The first-order valence-corrected chi connectivity index (χ1v) is 8.13. The van der Waals surface area contributed by atoms with Crippen molar-refractivity contribution in [3.63, 3.8) is 0 Å². The third-order valence-electron chi connectivity index (χ3n) is 5.32.